The highest BCUT2D eigenvalue weighted by Gasteiger charge is 2.25. The van der Waals surface area contributed by atoms with Gasteiger partial charge in [-0.2, -0.15) is 0 Å². The van der Waals surface area contributed by atoms with E-state index in [9.17, 15) is 18.3 Å². The highest BCUT2D eigenvalue weighted by molar-refractivity contribution is 7.92. The van der Waals surface area contributed by atoms with Gasteiger partial charge in [-0.1, -0.05) is 30.3 Å². The molecule has 178 valence electrons. The fraction of sp³-hybridized carbons (Fsp3) is 0.240. The summed E-state index contributed by atoms with van der Waals surface area (Å²) in [6.07, 6.45) is 0. The summed E-state index contributed by atoms with van der Waals surface area (Å²) in [4.78, 5) is 16.0. The molecule has 3 aromatic rings. The second-order valence-corrected chi connectivity index (χ2v) is 9.70. The third-order valence-electron chi connectivity index (χ3n) is 5.92. The molecule has 4 rings (SSSR count). The van der Waals surface area contributed by atoms with Crippen LogP contribution in [-0.4, -0.2) is 52.8 Å². The van der Waals surface area contributed by atoms with Gasteiger partial charge in [-0.25, -0.2) is 13.2 Å². The molecular formula is C25H27N3O5S. The van der Waals surface area contributed by atoms with Gasteiger partial charge in [-0.15, -0.1) is 0 Å². The number of rotatable bonds is 7. The average molecular weight is 482 g/mol. The van der Waals surface area contributed by atoms with Crippen molar-refractivity contribution in [1.82, 2.24) is 0 Å². The first-order chi connectivity index (χ1) is 16.3. The number of para-hydroxylation sites is 2. The van der Waals surface area contributed by atoms with E-state index in [-0.39, 0.29) is 16.1 Å². The average Bonchev–Trinajstić information content (AvgIpc) is 2.84. The van der Waals surface area contributed by atoms with Crippen LogP contribution in [0.2, 0.25) is 0 Å². The van der Waals surface area contributed by atoms with Gasteiger partial charge in [-0.3, -0.25) is 4.72 Å². The fourth-order valence-electron chi connectivity index (χ4n) is 4.16. The first-order valence-corrected chi connectivity index (χ1v) is 12.4. The Morgan fingerprint density at radius 3 is 2.18 bits per heavy atom. The Labute approximate surface area is 199 Å². The number of carbonyl (C=O) groups is 1. The number of sulfonamides is 1. The van der Waals surface area contributed by atoms with E-state index in [0.717, 1.165) is 11.4 Å². The van der Waals surface area contributed by atoms with Crippen LogP contribution in [0.5, 0.6) is 5.75 Å². The molecule has 3 aromatic carbocycles. The number of nitrogens with zero attached hydrogens (tertiary/aromatic N) is 2. The van der Waals surface area contributed by atoms with E-state index >= 15 is 0 Å². The minimum absolute atomic E-state index is 0.0129. The molecule has 1 aliphatic heterocycles. The Balaban J connectivity index is 1.62. The van der Waals surface area contributed by atoms with Gasteiger partial charge in [0.25, 0.3) is 10.0 Å². The Kier molecular flexibility index (Phi) is 6.65. The zero-order valence-electron chi connectivity index (χ0n) is 19.1. The smallest absolute Gasteiger partial charge is 0.335 e. The summed E-state index contributed by atoms with van der Waals surface area (Å²) in [6.45, 7) is 4.38. The molecule has 0 radical (unpaired) electrons. The van der Waals surface area contributed by atoms with Gasteiger partial charge >= 0.3 is 5.97 Å². The number of hydrogen-bond donors (Lipinski definition) is 2. The van der Waals surface area contributed by atoms with E-state index in [0.29, 0.717) is 37.4 Å². The maximum absolute atomic E-state index is 13.1. The number of ether oxygens (including phenoxy) is 1. The second kappa shape index (κ2) is 9.64. The van der Waals surface area contributed by atoms with Gasteiger partial charge in [0.1, 0.15) is 5.75 Å². The first kappa shape index (κ1) is 23.4. The largest absolute Gasteiger partial charge is 0.495 e. The van der Waals surface area contributed by atoms with Gasteiger partial charge in [0.05, 0.1) is 34.6 Å². The van der Waals surface area contributed by atoms with Crippen LogP contribution >= 0.6 is 0 Å². The van der Waals surface area contributed by atoms with Crippen LogP contribution in [0.25, 0.3) is 0 Å². The standard InChI is InChI=1S/C25H27N3O5S/c1-18-7-3-6-10-24(18)34(31,32)26-20-17-19(25(29)30)11-12-21(20)27-13-15-28(16-14-27)22-8-4-5-9-23(22)33-2/h3-12,17,26H,13-16H2,1-2H3,(H,29,30). The molecule has 0 aromatic heterocycles. The van der Waals surface area contributed by atoms with E-state index in [2.05, 4.69) is 14.5 Å². The fourth-order valence-corrected chi connectivity index (χ4v) is 5.48. The first-order valence-electron chi connectivity index (χ1n) is 10.9. The number of hydrogen-bond acceptors (Lipinski definition) is 6. The molecule has 1 fully saturated rings. The van der Waals surface area contributed by atoms with Crippen LogP contribution in [-0.2, 0) is 10.0 Å². The molecule has 0 unspecified atom stereocenters. The number of methoxy groups -OCH3 is 1. The van der Waals surface area contributed by atoms with Gasteiger partial charge < -0.3 is 19.6 Å². The van der Waals surface area contributed by atoms with E-state index in [4.69, 9.17) is 4.74 Å². The number of aryl methyl sites for hydroxylation is 1. The van der Waals surface area contributed by atoms with Crippen LogP contribution < -0.4 is 19.3 Å². The summed E-state index contributed by atoms with van der Waals surface area (Å²) < 4.78 is 34.4. The lowest BCUT2D eigenvalue weighted by molar-refractivity contribution is 0.0697. The molecule has 34 heavy (non-hydrogen) atoms. The Morgan fingerprint density at radius 1 is 0.912 bits per heavy atom. The molecule has 0 atom stereocenters. The van der Waals surface area contributed by atoms with Crippen LogP contribution in [0.3, 0.4) is 0 Å². The third kappa shape index (κ3) is 4.79. The molecule has 8 nitrogen and oxygen atoms in total. The lowest BCUT2D eigenvalue weighted by Crippen LogP contribution is -2.46. The van der Waals surface area contributed by atoms with Crippen molar-refractivity contribution in [2.75, 3.05) is 47.8 Å². The van der Waals surface area contributed by atoms with Crippen molar-refractivity contribution in [2.24, 2.45) is 0 Å². The summed E-state index contributed by atoms with van der Waals surface area (Å²) in [6, 6.07) is 19.0. The van der Waals surface area contributed by atoms with E-state index in [1.807, 2.05) is 24.3 Å². The van der Waals surface area contributed by atoms with Crippen LogP contribution in [0.15, 0.2) is 71.6 Å². The summed E-state index contributed by atoms with van der Waals surface area (Å²) in [5.74, 6) is -0.322. The number of carboxylic acid groups (broad SMARTS) is 1. The van der Waals surface area contributed by atoms with Crippen molar-refractivity contribution in [3.05, 3.63) is 77.9 Å². The Morgan fingerprint density at radius 2 is 1.53 bits per heavy atom. The van der Waals surface area contributed by atoms with Crippen LogP contribution in [0.4, 0.5) is 17.1 Å². The highest BCUT2D eigenvalue weighted by Crippen LogP contribution is 2.33. The number of aromatic carboxylic acids is 1. The van der Waals surface area contributed by atoms with Gasteiger partial charge in [-0.05, 0) is 48.9 Å². The molecule has 9 heteroatoms. The van der Waals surface area contributed by atoms with E-state index < -0.39 is 16.0 Å². The molecule has 0 amide bonds. The minimum Gasteiger partial charge on any atom is -0.495 e. The van der Waals surface area contributed by atoms with Gasteiger partial charge in [0, 0.05) is 26.2 Å². The molecule has 1 heterocycles. The summed E-state index contributed by atoms with van der Waals surface area (Å²) >= 11 is 0. The summed E-state index contributed by atoms with van der Waals surface area (Å²) in [7, 11) is -2.26. The predicted octanol–water partition coefficient (Wildman–Crippen LogP) is 3.83. The molecular weight excluding hydrogens is 454 g/mol. The van der Waals surface area contributed by atoms with Crippen LogP contribution in [0.1, 0.15) is 15.9 Å². The maximum atomic E-state index is 13.1. The normalized spacial score (nSPS) is 14.1. The molecule has 0 spiro atoms. The van der Waals surface area contributed by atoms with Gasteiger partial charge in [0.15, 0.2) is 0 Å². The van der Waals surface area contributed by atoms with E-state index in [1.165, 1.54) is 18.2 Å². The molecule has 0 aliphatic carbocycles. The third-order valence-corrected chi connectivity index (χ3v) is 7.44. The SMILES string of the molecule is COc1ccccc1N1CCN(c2ccc(C(=O)O)cc2NS(=O)(=O)c2ccccc2C)CC1. The van der Waals surface area contributed by atoms with Crippen molar-refractivity contribution >= 4 is 33.1 Å². The van der Waals surface area contributed by atoms with Gasteiger partial charge in [0.2, 0.25) is 0 Å². The van der Waals surface area contributed by atoms with Crippen molar-refractivity contribution < 1.29 is 23.1 Å². The highest BCUT2D eigenvalue weighted by atomic mass is 32.2. The molecule has 2 N–H and O–H groups in total. The minimum atomic E-state index is -3.91. The second-order valence-electron chi connectivity index (χ2n) is 8.05. The number of nitrogens with one attached hydrogen (secondary N) is 1. The summed E-state index contributed by atoms with van der Waals surface area (Å²) in [5, 5.41) is 9.47. The summed E-state index contributed by atoms with van der Waals surface area (Å²) in [5.41, 5.74) is 2.51. The zero-order valence-corrected chi connectivity index (χ0v) is 19.9. The molecule has 1 saturated heterocycles. The molecule has 0 saturated carbocycles. The van der Waals surface area contributed by atoms with Crippen molar-refractivity contribution in [3.8, 4) is 5.75 Å². The quantitative estimate of drug-likeness (QED) is 0.529. The van der Waals surface area contributed by atoms with Crippen molar-refractivity contribution in [3.63, 3.8) is 0 Å². The number of anilines is 3. The van der Waals surface area contributed by atoms with Crippen LogP contribution in [0, 0.1) is 6.92 Å². The molecule has 1 aliphatic rings. The maximum Gasteiger partial charge on any atom is 0.335 e. The monoisotopic (exact) mass is 481 g/mol. The van der Waals surface area contributed by atoms with Crippen molar-refractivity contribution in [2.45, 2.75) is 11.8 Å². The lowest BCUT2D eigenvalue weighted by Gasteiger charge is -2.38. The molecule has 0 bridgehead atoms. The number of piperazine rings is 1. The predicted molar refractivity (Wildman–Crippen MR) is 133 cm³/mol. The Bertz CT molecular complexity index is 1300. The van der Waals surface area contributed by atoms with Crippen molar-refractivity contribution in [1.29, 1.82) is 0 Å². The zero-order chi connectivity index (χ0) is 24.3. The lowest BCUT2D eigenvalue weighted by atomic mass is 10.1. The Hall–Kier alpha value is -3.72. The van der Waals surface area contributed by atoms with E-state index in [1.54, 1.807) is 38.3 Å². The number of benzene rings is 3. The number of carboxylic acids is 1. The topological polar surface area (TPSA) is 99.2 Å².